The molecule has 0 radical (unpaired) electrons. The number of ether oxygens (including phenoxy) is 1. The molecule has 1 N–H and O–H groups in total. The van der Waals surface area contributed by atoms with Crippen LogP contribution in [0.2, 0.25) is 0 Å². The van der Waals surface area contributed by atoms with Crippen molar-refractivity contribution in [3.8, 4) is 6.07 Å². The highest BCUT2D eigenvalue weighted by Gasteiger charge is 2.29. The number of amides is 1. The van der Waals surface area contributed by atoms with E-state index in [2.05, 4.69) is 23.0 Å². The zero-order chi connectivity index (χ0) is 16.8. The van der Waals surface area contributed by atoms with Crippen molar-refractivity contribution in [1.82, 2.24) is 5.32 Å². The van der Waals surface area contributed by atoms with Crippen molar-refractivity contribution in [3.05, 3.63) is 46.0 Å². The number of aryl methyl sites for hydroxylation is 1. The van der Waals surface area contributed by atoms with Crippen LogP contribution in [0.15, 0.2) is 34.9 Å². The first-order valence-electron chi connectivity index (χ1n) is 7.31. The van der Waals surface area contributed by atoms with Crippen LogP contribution >= 0.6 is 11.8 Å². The van der Waals surface area contributed by atoms with E-state index < -0.39 is 5.97 Å². The number of hydrogen-bond donors (Lipinski definition) is 1. The summed E-state index contributed by atoms with van der Waals surface area (Å²) in [5, 5.41) is 12.6. The first-order valence-corrected chi connectivity index (χ1v) is 8.30. The smallest absolute Gasteiger partial charge is 0.316 e. The fourth-order valence-electron chi connectivity index (χ4n) is 2.39. The largest absolute Gasteiger partial charge is 0.468 e. The number of rotatable bonds is 5. The molecule has 6 heteroatoms. The maximum Gasteiger partial charge on any atom is 0.316 e. The van der Waals surface area contributed by atoms with Gasteiger partial charge in [0, 0.05) is 12.3 Å². The average molecular weight is 330 g/mol. The molecule has 5 nitrogen and oxygen atoms in total. The van der Waals surface area contributed by atoms with Gasteiger partial charge in [-0.2, -0.15) is 5.26 Å². The standard InChI is InChI=1S/C17H18N2O3S/c1-3-11-4-6-12(7-5-11)13-8-15(20)19-17(14(13)9-18)23-10-16(21)22-2/h4-7,13H,3,8,10H2,1-2H3,(H,19,20)/t13-/m0/s1. The van der Waals surface area contributed by atoms with E-state index in [0.717, 1.165) is 23.7 Å². The number of thioether (sulfide) groups is 1. The van der Waals surface area contributed by atoms with Gasteiger partial charge in [-0.05, 0) is 17.5 Å². The van der Waals surface area contributed by atoms with Crippen molar-refractivity contribution in [3.63, 3.8) is 0 Å². The van der Waals surface area contributed by atoms with Gasteiger partial charge in [0.15, 0.2) is 0 Å². The number of carbonyl (C=O) groups is 2. The number of hydrogen-bond acceptors (Lipinski definition) is 5. The Morgan fingerprint density at radius 1 is 1.43 bits per heavy atom. The number of methoxy groups -OCH3 is 1. The minimum absolute atomic E-state index is 0.0544. The molecule has 0 aliphatic carbocycles. The van der Waals surface area contributed by atoms with Crippen molar-refractivity contribution in [2.75, 3.05) is 12.9 Å². The Morgan fingerprint density at radius 2 is 2.13 bits per heavy atom. The third-order valence-corrected chi connectivity index (χ3v) is 4.70. The van der Waals surface area contributed by atoms with E-state index in [0.29, 0.717) is 10.6 Å². The Balaban J connectivity index is 2.31. The molecule has 2 rings (SSSR count). The molecular weight excluding hydrogens is 312 g/mol. The van der Waals surface area contributed by atoms with Crippen LogP contribution < -0.4 is 5.32 Å². The fraction of sp³-hybridized carbons (Fsp3) is 0.353. The van der Waals surface area contributed by atoms with Crippen LogP contribution in [0, 0.1) is 11.3 Å². The average Bonchev–Trinajstić information content (AvgIpc) is 2.59. The van der Waals surface area contributed by atoms with Crippen LogP contribution in [0.25, 0.3) is 0 Å². The third-order valence-electron chi connectivity index (χ3n) is 3.71. The molecule has 0 unspecified atom stereocenters. The number of nitrogens with one attached hydrogen (secondary N) is 1. The topological polar surface area (TPSA) is 79.2 Å². The van der Waals surface area contributed by atoms with E-state index in [1.807, 2.05) is 24.3 Å². The maximum absolute atomic E-state index is 12.0. The predicted octanol–water partition coefficient (Wildman–Crippen LogP) is 2.49. The van der Waals surface area contributed by atoms with Crippen molar-refractivity contribution in [2.24, 2.45) is 0 Å². The van der Waals surface area contributed by atoms with E-state index in [1.165, 1.54) is 12.7 Å². The first-order chi connectivity index (χ1) is 11.1. The quantitative estimate of drug-likeness (QED) is 0.839. The van der Waals surface area contributed by atoms with Crippen LogP contribution in [0.5, 0.6) is 0 Å². The molecule has 0 saturated carbocycles. The Morgan fingerprint density at radius 3 is 2.70 bits per heavy atom. The monoisotopic (exact) mass is 330 g/mol. The second-order valence-corrected chi connectivity index (χ2v) is 6.11. The van der Waals surface area contributed by atoms with Crippen LogP contribution in [0.3, 0.4) is 0 Å². The molecule has 0 spiro atoms. The van der Waals surface area contributed by atoms with Gasteiger partial charge in [-0.3, -0.25) is 9.59 Å². The van der Waals surface area contributed by atoms with Crippen LogP contribution in [-0.2, 0) is 20.7 Å². The second-order valence-electron chi connectivity index (χ2n) is 5.12. The number of nitriles is 1. The zero-order valence-electron chi connectivity index (χ0n) is 13.1. The van der Waals surface area contributed by atoms with Gasteiger partial charge >= 0.3 is 5.97 Å². The van der Waals surface area contributed by atoms with Gasteiger partial charge in [-0.25, -0.2) is 0 Å². The Labute approximate surface area is 139 Å². The summed E-state index contributed by atoms with van der Waals surface area (Å²) in [5.41, 5.74) is 2.63. The third kappa shape index (κ3) is 4.14. The van der Waals surface area contributed by atoms with Gasteiger partial charge in [-0.1, -0.05) is 43.0 Å². The van der Waals surface area contributed by atoms with Gasteiger partial charge in [0.1, 0.15) is 0 Å². The SMILES string of the molecule is CCc1ccc([C@@H]2CC(=O)NC(SCC(=O)OC)=C2C#N)cc1. The van der Waals surface area contributed by atoms with E-state index in [-0.39, 0.29) is 24.0 Å². The molecule has 1 heterocycles. The second kappa shape index (κ2) is 7.84. The van der Waals surface area contributed by atoms with Gasteiger partial charge in [0.25, 0.3) is 0 Å². The molecule has 1 amide bonds. The molecule has 0 fully saturated rings. The minimum atomic E-state index is -0.400. The van der Waals surface area contributed by atoms with Crippen LogP contribution in [0.4, 0.5) is 0 Å². The molecule has 1 aliphatic heterocycles. The summed E-state index contributed by atoms with van der Waals surface area (Å²) < 4.78 is 4.60. The Kier molecular flexibility index (Phi) is 5.83. The maximum atomic E-state index is 12.0. The normalized spacial score (nSPS) is 17.4. The Hall–Kier alpha value is -2.26. The predicted molar refractivity (Wildman–Crippen MR) is 88.4 cm³/mol. The van der Waals surface area contributed by atoms with Gasteiger partial charge < -0.3 is 10.1 Å². The van der Waals surface area contributed by atoms with Gasteiger partial charge in [0.2, 0.25) is 5.91 Å². The van der Waals surface area contributed by atoms with Crippen LogP contribution in [-0.4, -0.2) is 24.7 Å². The highest BCUT2D eigenvalue weighted by atomic mass is 32.2. The van der Waals surface area contributed by atoms with Gasteiger partial charge in [-0.15, -0.1) is 0 Å². The minimum Gasteiger partial charge on any atom is -0.468 e. The van der Waals surface area contributed by atoms with E-state index in [9.17, 15) is 14.9 Å². The highest BCUT2D eigenvalue weighted by molar-refractivity contribution is 8.03. The van der Waals surface area contributed by atoms with Crippen molar-refractivity contribution in [1.29, 1.82) is 5.26 Å². The summed E-state index contributed by atoms with van der Waals surface area (Å²) in [4.78, 5) is 23.3. The lowest BCUT2D eigenvalue weighted by molar-refractivity contribution is -0.137. The number of esters is 1. The molecule has 1 aliphatic rings. The number of nitrogens with zero attached hydrogens (tertiary/aromatic N) is 1. The van der Waals surface area contributed by atoms with Crippen molar-refractivity contribution in [2.45, 2.75) is 25.7 Å². The zero-order valence-corrected chi connectivity index (χ0v) is 13.9. The first kappa shape index (κ1) is 17.1. The summed E-state index contributed by atoms with van der Waals surface area (Å²) in [7, 11) is 1.31. The molecule has 1 aromatic rings. The summed E-state index contributed by atoms with van der Waals surface area (Å²) in [6.45, 7) is 2.07. The summed E-state index contributed by atoms with van der Waals surface area (Å²) >= 11 is 1.12. The fourth-order valence-corrected chi connectivity index (χ4v) is 3.30. The number of benzene rings is 1. The van der Waals surface area contributed by atoms with Crippen molar-refractivity contribution < 1.29 is 14.3 Å². The molecule has 120 valence electrons. The van der Waals surface area contributed by atoms with Crippen LogP contribution in [0.1, 0.15) is 30.4 Å². The molecule has 1 aromatic carbocycles. The molecule has 0 saturated heterocycles. The van der Waals surface area contributed by atoms with E-state index in [1.54, 1.807) is 0 Å². The Bertz CT molecular complexity index is 674. The molecule has 0 bridgehead atoms. The summed E-state index contributed by atoms with van der Waals surface area (Å²) in [6.07, 6.45) is 1.17. The van der Waals surface area contributed by atoms with E-state index >= 15 is 0 Å². The van der Waals surface area contributed by atoms with Gasteiger partial charge in [0.05, 0.1) is 29.5 Å². The van der Waals surface area contributed by atoms with E-state index in [4.69, 9.17) is 0 Å². The van der Waals surface area contributed by atoms with Crippen molar-refractivity contribution >= 4 is 23.6 Å². The molecule has 23 heavy (non-hydrogen) atoms. The number of allylic oxidation sites excluding steroid dienone is 1. The lowest BCUT2D eigenvalue weighted by atomic mass is 9.86. The summed E-state index contributed by atoms with van der Waals surface area (Å²) in [5.74, 6) is -0.775. The highest BCUT2D eigenvalue weighted by Crippen LogP contribution is 2.35. The lowest BCUT2D eigenvalue weighted by Crippen LogP contribution is -2.31. The number of carbonyl (C=O) groups excluding carboxylic acids is 2. The molecule has 0 aromatic heterocycles. The lowest BCUT2D eigenvalue weighted by Gasteiger charge is -2.25. The summed E-state index contributed by atoms with van der Waals surface area (Å²) in [6, 6.07) is 10.1. The molecular formula is C17H18N2O3S. The molecule has 1 atom stereocenters.